The average Bonchev–Trinajstić information content (AvgIpc) is 2.90. The summed E-state index contributed by atoms with van der Waals surface area (Å²) in [5.74, 6) is 0. The Bertz CT molecular complexity index is 1140. The summed E-state index contributed by atoms with van der Waals surface area (Å²) in [6.07, 6.45) is 0. The van der Waals surface area contributed by atoms with E-state index in [2.05, 4.69) is 6.07 Å². The highest BCUT2D eigenvalue weighted by atomic mass is 16.1. The van der Waals surface area contributed by atoms with Crippen LogP contribution in [0.1, 0.15) is 5.56 Å². The maximum Gasteiger partial charge on any atom is 0.257 e. The monoisotopic (exact) mass is 299 g/mol. The molecule has 0 amide bonds. The molecule has 0 saturated carbocycles. The molecule has 0 aliphatic heterocycles. The summed E-state index contributed by atoms with van der Waals surface area (Å²) in [5, 5.41) is 9.74. The van der Waals surface area contributed by atoms with Crippen LogP contribution in [0.2, 0.25) is 0 Å². The number of nitriles is 1. The van der Waals surface area contributed by atoms with Gasteiger partial charge in [-0.1, -0.05) is 42.5 Å². The molecular formula is C19H13N3O. The van der Waals surface area contributed by atoms with Gasteiger partial charge in [-0.05, 0) is 17.7 Å². The topological polar surface area (TPSA) is 50.2 Å². The van der Waals surface area contributed by atoms with Gasteiger partial charge in [0.25, 0.3) is 5.56 Å². The van der Waals surface area contributed by atoms with E-state index in [4.69, 9.17) is 0 Å². The van der Waals surface area contributed by atoms with E-state index in [9.17, 15) is 10.1 Å². The number of benzene rings is 2. The van der Waals surface area contributed by atoms with Crippen LogP contribution in [0, 0.1) is 11.3 Å². The van der Waals surface area contributed by atoms with E-state index >= 15 is 0 Å². The zero-order chi connectivity index (χ0) is 16.0. The number of aromatic nitrogens is 2. The molecule has 0 N–H and O–H groups in total. The molecule has 4 aromatic rings. The van der Waals surface area contributed by atoms with Crippen LogP contribution in [0.25, 0.3) is 27.8 Å². The second-order valence-corrected chi connectivity index (χ2v) is 5.46. The van der Waals surface area contributed by atoms with E-state index in [0.29, 0.717) is 16.8 Å². The summed E-state index contributed by atoms with van der Waals surface area (Å²) in [6, 6.07) is 21.0. The van der Waals surface area contributed by atoms with Gasteiger partial charge in [-0.3, -0.25) is 9.20 Å². The Balaban J connectivity index is 2.26. The summed E-state index contributed by atoms with van der Waals surface area (Å²) in [6.45, 7) is 0. The fraction of sp³-hybridized carbons (Fsp3) is 0.0526. The minimum absolute atomic E-state index is 0.130. The van der Waals surface area contributed by atoms with Crippen LogP contribution in [0.4, 0.5) is 0 Å². The zero-order valence-electron chi connectivity index (χ0n) is 12.5. The van der Waals surface area contributed by atoms with Crippen LogP contribution in [0.15, 0.2) is 65.5 Å². The fourth-order valence-corrected chi connectivity index (χ4v) is 3.15. The average molecular weight is 299 g/mol. The third kappa shape index (κ3) is 1.80. The number of rotatable bonds is 1. The number of imidazole rings is 1. The van der Waals surface area contributed by atoms with Crippen LogP contribution in [-0.2, 0) is 7.05 Å². The lowest BCUT2D eigenvalue weighted by atomic mass is 10.0. The maximum absolute atomic E-state index is 12.7. The van der Waals surface area contributed by atoms with E-state index in [0.717, 1.165) is 16.6 Å². The summed E-state index contributed by atoms with van der Waals surface area (Å²) in [4.78, 5) is 12.7. The molecule has 4 heteroatoms. The first kappa shape index (κ1) is 13.4. The number of hydrogen-bond acceptors (Lipinski definition) is 2. The second-order valence-electron chi connectivity index (χ2n) is 5.46. The van der Waals surface area contributed by atoms with Crippen molar-refractivity contribution >= 4 is 16.7 Å². The van der Waals surface area contributed by atoms with Crippen LogP contribution in [0.5, 0.6) is 0 Å². The Labute approximate surface area is 132 Å². The van der Waals surface area contributed by atoms with Gasteiger partial charge >= 0.3 is 0 Å². The Morgan fingerprint density at radius 2 is 1.61 bits per heavy atom. The van der Waals surface area contributed by atoms with Crippen molar-refractivity contribution in [3.05, 3.63) is 76.6 Å². The minimum Gasteiger partial charge on any atom is -0.328 e. The smallest absolute Gasteiger partial charge is 0.257 e. The molecule has 0 saturated heterocycles. The molecule has 2 heterocycles. The third-order valence-electron chi connectivity index (χ3n) is 4.19. The quantitative estimate of drug-likeness (QED) is 0.541. The molecule has 0 bridgehead atoms. The lowest BCUT2D eigenvalue weighted by Crippen LogP contribution is -2.14. The fourth-order valence-electron chi connectivity index (χ4n) is 3.15. The number of aryl methyl sites for hydroxylation is 1. The molecule has 0 fully saturated rings. The van der Waals surface area contributed by atoms with E-state index in [1.54, 1.807) is 10.5 Å². The SMILES string of the molecule is Cn1c2ccccc2n2c(=O)cc(-c3ccccc3)c(C#N)c12. The van der Waals surface area contributed by atoms with Gasteiger partial charge in [-0.2, -0.15) is 5.26 Å². The van der Waals surface area contributed by atoms with Gasteiger partial charge in [-0.25, -0.2) is 0 Å². The second kappa shape index (κ2) is 4.85. The van der Waals surface area contributed by atoms with Crippen LogP contribution >= 0.6 is 0 Å². The molecule has 0 spiro atoms. The van der Waals surface area contributed by atoms with Crippen LogP contribution in [-0.4, -0.2) is 8.97 Å². The molecule has 2 aromatic carbocycles. The van der Waals surface area contributed by atoms with Gasteiger partial charge in [0.05, 0.1) is 11.0 Å². The highest BCUT2D eigenvalue weighted by Gasteiger charge is 2.17. The number of fused-ring (bicyclic) bond motifs is 3. The Kier molecular flexibility index (Phi) is 2.82. The predicted molar refractivity (Wildman–Crippen MR) is 90.3 cm³/mol. The maximum atomic E-state index is 12.7. The standard InChI is InChI=1S/C19H13N3O/c1-21-16-9-5-6-10-17(16)22-18(23)11-14(15(12-20)19(21)22)13-7-3-2-4-8-13/h2-11H,1H3. The first-order valence-corrected chi connectivity index (χ1v) is 7.31. The van der Waals surface area contributed by atoms with Crippen molar-refractivity contribution in [3.8, 4) is 17.2 Å². The first-order valence-electron chi connectivity index (χ1n) is 7.31. The molecule has 0 atom stereocenters. The highest BCUT2D eigenvalue weighted by molar-refractivity contribution is 5.87. The van der Waals surface area contributed by atoms with Crippen molar-refractivity contribution in [2.75, 3.05) is 0 Å². The van der Waals surface area contributed by atoms with Gasteiger partial charge in [0.2, 0.25) is 0 Å². The molecule has 4 nitrogen and oxygen atoms in total. The van der Waals surface area contributed by atoms with E-state index < -0.39 is 0 Å². The lowest BCUT2D eigenvalue weighted by Gasteiger charge is -2.07. The molecule has 4 rings (SSSR count). The normalized spacial score (nSPS) is 11.0. The summed E-state index contributed by atoms with van der Waals surface area (Å²) < 4.78 is 3.52. The van der Waals surface area contributed by atoms with Crippen LogP contribution < -0.4 is 5.56 Å². The van der Waals surface area contributed by atoms with Crippen molar-refractivity contribution in [1.29, 1.82) is 5.26 Å². The molecule has 2 aromatic heterocycles. The third-order valence-corrected chi connectivity index (χ3v) is 4.19. The zero-order valence-corrected chi connectivity index (χ0v) is 12.5. The Hall–Kier alpha value is -3.32. The van der Waals surface area contributed by atoms with Crippen molar-refractivity contribution in [1.82, 2.24) is 8.97 Å². The van der Waals surface area contributed by atoms with Gasteiger partial charge in [0, 0.05) is 18.7 Å². The Morgan fingerprint density at radius 1 is 0.957 bits per heavy atom. The van der Waals surface area contributed by atoms with Gasteiger partial charge in [0.15, 0.2) is 0 Å². The van der Waals surface area contributed by atoms with Crippen molar-refractivity contribution < 1.29 is 0 Å². The van der Waals surface area contributed by atoms with Gasteiger partial charge < -0.3 is 4.57 Å². The molecule has 0 aliphatic carbocycles. The van der Waals surface area contributed by atoms with Crippen molar-refractivity contribution in [2.24, 2.45) is 7.05 Å². The summed E-state index contributed by atoms with van der Waals surface area (Å²) in [5.41, 5.74) is 4.28. The number of nitrogens with zero attached hydrogens (tertiary/aromatic N) is 3. The van der Waals surface area contributed by atoms with E-state index in [1.165, 1.54) is 0 Å². The highest BCUT2D eigenvalue weighted by Crippen LogP contribution is 2.28. The van der Waals surface area contributed by atoms with Crippen molar-refractivity contribution in [2.45, 2.75) is 0 Å². The summed E-state index contributed by atoms with van der Waals surface area (Å²) >= 11 is 0. The molecular weight excluding hydrogens is 286 g/mol. The minimum atomic E-state index is -0.130. The number of para-hydroxylation sites is 2. The molecule has 0 unspecified atom stereocenters. The first-order chi connectivity index (χ1) is 11.2. The molecule has 23 heavy (non-hydrogen) atoms. The number of pyridine rings is 1. The number of hydrogen-bond donors (Lipinski definition) is 0. The Morgan fingerprint density at radius 3 is 2.30 bits per heavy atom. The van der Waals surface area contributed by atoms with E-state index in [1.807, 2.05) is 66.2 Å². The molecule has 0 radical (unpaired) electrons. The predicted octanol–water partition coefficient (Wildman–Crippen LogP) is 3.33. The van der Waals surface area contributed by atoms with Crippen molar-refractivity contribution in [3.63, 3.8) is 0 Å². The lowest BCUT2D eigenvalue weighted by molar-refractivity contribution is 0.973. The van der Waals surface area contributed by atoms with E-state index in [-0.39, 0.29) is 5.56 Å². The summed E-state index contributed by atoms with van der Waals surface area (Å²) in [7, 11) is 1.88. The largest absolute Gasteiger partial charge is 0.328 e. The van der Waals surface area contributed by atoms with Gasteiger partial charge in [0.1, 0.15) is 17.3 Å². The van der Waals surface area contributed by atoms with Crippen LogP contribution in [0.3, 0.4) is 0 Å². The molecule has 110 valence electrons. The van der Waals surface area contributed by atoms with Gasteiger partial charge in [-0.15, -0.1) is 0 Å². The molecule has 0 aliphatic rings.